The summed E-state index contributed by atoms with van der Waals surface area (Å²) in [6.07, 6.45) is 2.50. The number of carboxylic acids is 1. The van der Waals surface area contributed by atoms with E-state index in [4.69, 9.17) is 9.63 Å². The SMILES string of the molecule is O=C(O)C1=C=C(Nc2nc(-c3cc(-c4ccon4)n(Cc4ccccc4F)n3)ncc2F)C1. The van der Waals surface area contributed by atoms with Gasteiger partial charge in [-0.1, -0.05) is 29.1 Å². The molecule has 0 aliphatic heterocycles. The standard InChI is InChI=1S/C22H14F2N6O3/c23-15-4-2-1-3-12(15)11-30-19(17-5-6-33-29-17)9-18(28-30)21-25-10-16(24)20(27-21)26-14-7-13(8-14)22(31)32/h1-6,9-10H,7,11H2,(H,31,32)(H,25,26,27). The highest BCUT2D eigenvalue weighted by Crippen LogP contribution is 2.27. The van der Waals surface area contributed by atoms with Gasteiger partial charge in [-0.05, 0) is 12.1 Å². The summed E-state index contributed by atoms with van der Waals surface area (Å²) in [6.45, 7) is 0.108. The van der Waals surface area contributed by atoms with Crippen LogP contribution < -0.4 is 5.32 Å². The lowest BCUT2D eigenvalue weighted by molar-refractivity contribution is -0.132. The first-order valence-corrected chi connectivity index (χ1v) is 9.72. The molecule has 0 bridgehead atoms. The molecule has 3 heterocycles. The largest absolute Gasteiger partial charge is 0.477 e. The molecule has 0 fully saturated rings. The zero-order chi connectivity index (χ0) is 22.9. The number of hydrogen-bond donors (Lipinski definition) is 2. The van der Waals surface area contributed by atoms with E-state index in [1.807, 2.05) is 0 Å². The highest BCUT2D eigenvalue weighted by molar-refractivity contribution is 5.89. The van der Waals surface area contributed by atoms with Crippen LogP contribution in [0, 0.1) is 11.6 Å². The van der Waals surface area contributed by atoms with Crippen LogP contribution in [0.25, 0.3) is 22.9 Å². The number of aromatic nitrogens is 5. The van der Waals surface area contributed by atoms with Crippen LogP contribution in [0.2, 0.25) is 0 Å². The molecular weight excluding hydrogens is 434 g/mol. The first-order valence-electron chi connectivity index (χ1n) is 9.72. The smallest absolute Gasteiger partial charge is 0.339 e. The third-order valence-corrected chi connectivity index (χ3v) is 4.91. The Balaban J connectivity index is 1.51. The van der Waals surface area contributed by atoms with Crippen molar-refractivity contribution in [3.63, 3.8) is 0 Å². The summed E-state index contributed by atoms with van der Waals surface area (Å²) in [5, 5.41) is 20.0. The number of carboxylic acid groups (broad SMARTS) is 1. The lowest BCUT2D eigenvalue weighted by atomic mass is 10.0. The molecular formula is C22H14F2N6O3. The number of carbonyl (C=O) groups is 1. The van der Waals surface area contributed by atoms with Crippen molar-refractivity contribution in [2.75, 3.05) is 5.32 Å². The molecule has 9 nitrogen and oxygen atoms in total. The summed E-state index contributed by atoms with van der Waals surface area (Å²) in [5.41, 5.74) is 4.80. The number of aliphatic carboxylic acids is 1. The topological polar surface area (TPSA) is 119 Å². The van der Waals surface area contributed by atoms with Crippen molar-refractivity contribution in [2.45, 2.75) is 13.0 Å². The second kappa shape index (κ2) is 8.13. The second-order valence-corrected chi connectivity index (χ2v) is 7.13. The number of nitrogens with zero attached hydrogens (tertiary/aromatic N) is 5. The van der Waals surface area contributed by atoms with E-state index in [1.54, 1.807) is 30.3 Å². The molecule has 4 aromatic rings. The van der Waals surface area contributed by atoms with Gasteiger partial charge < -0.3 is 14.9 Å². The Hall–Kier alpha value is -4.63. The van der Waals surface area contributed by atoms with E-state index in [1.165, 1.54) is 17.0 Å². The van der Waals surface area contributed by atoms with Crippen LogP contribution in [0.15, 0.2) is 70.4 Å². The molecule has 0 atom stereocenters. The Kier molecular flexibility index (Phi) is 5.00. The summed E-state index contributed by atoms with van der Waals surface area (Å²) < 4.78 is 34.9. The molecule has 1 aliphatic carbocycles. The lowest BCUT2D eigenvalue weighted by Gasteiger charge is -2.14. The number of hydrogen-bond acceptors (Lipinski definition) is 7. The van der Waals surface area contributed by atoms with Gasteiger partial charge in [0.2, 0.25) is 0 Å². The van der Waals surface area contributed by atoms with E-state index >= 15 is 0 Å². The van der Waals surface area contributed by atoms with Gasteiger partial charge in [-0.25, -0.2) is 23.5 Å². The van der Waals surface area contributed by atoms with Crippen LogP contribution in [0.4, 0.5) is 14.6 Å². The van der Waals surface area contributed by atoms with Crippen molar-refractivity contribution in [1.82, 2.24) is 24.9 Å². The molecule has 2 N–H and O–H groups in total. The first-order chi connectivity index (χ1) is 16.0. The Morgan fingerprint density at radius 2 is 2.03 bits per heavy atom. The fourth-order valence-corrected chi connectivity index (χ4v) is 3.25. The van der Waals surface area contributed by atoms with Crippen molar-refractivity contribution in [1.29, 1.82) is 0 Å². The van der Waals surface area contributed by atoms with Gasteiger partial charge >= 0.3 is 5.97 Å². The predicted molar refractivity (Wildman–Crippen MR) is 111 cm³/mol. The third-order valence-electron chi connectivity index (χ3n) is 4.91. The summed E-state index contributed by atoms with van der Waals surface area (Å²) in [6, 6.07) is 9.59. The van der Waals surface area contributed by atoms with Gasteiger partial charge in [-0.3, -0.25) is 4.68 Å². The van der Waals surface area contributed by atoms with E-state index in [9.17, 15) is 13.6 Å². The van der Waals surface area contributed by atoms with Gasteiger partial charge in [0, 0.05) is 18.1 Å². The van der Waals surface area contributed by atoms with Crippen LogP contribution in [0.3, 0.4) is 0 Å². The van der Waals surface area contributed by atoms with E-state index in [2.05, 4.69) is 31.3 Å². The van der Waals surface area contributed by atoms with Gasteiger partial charge in [-0.2, -0.15) is 5.10 Å². The van der Waals surface area contributed by atoms with Crippen LogP contribution in [-0.4, -0.2) is 36.0 Å². The zero-order valence-electron chi connectivity index (χ0n) is 16.8. The van der Waals surface area contributed by atoms with Gasteiger partial charge in [0.15, 0.2) is 17.5 Å². The Morgan fingerprint density at radius 1 is 1.21 bits per heavy atom. The van der Waals surface area contributed by atoms with Gasteiger partial charge in [0.05, 0.1) is 29.7 Å². The van der Waals surface area contributed by atoms with E-state index in [0.29, 0.717) is 28.3 Å². The average Bonchev–Trinajstić information content (AvgIpc) is 3.43. The number of halogens is 2. The number of anilines is 1. The molecule has 5 rings (SSSR count). The van der Waals surface area contributed by atoms with Crippen molar-refractivity contribution >= 4 is 11.8 Å². The summed E-state index contributed by atoms with van der Waals surface area (Å²) in [7, 11) is 0. The number of benzene rings is 1. The minimum Gasteiger partial charge on any atom is -0.477 e. The molecule has 3 aromatic heterocycles. The normalized spacial score (nSPS) is 12.7. The molecule has 1 aliphatic rings. The van der Waals surface area contributed by atoms with Crippen LogP contribution in [0.5, 0.6) is 0 Å². The third kappa shape index (κ3) is 4.00. The highest BCUT2D eigenvalue weighted by Gasteiger charge is 2.21. The maximum atomic E-state index is 14.3. The lowest BCUT2D eigenvalue weighted by Crippen LogP contribution is -2.14. The van der Waals surface area contributed by atoms with Gasteiger partial charge in [0.1, 0.15) is 23.5 Å². The minimum atomic E-state index is -1.08. The van der Waals surface area contributed by atoms with Crippen molar-refractivity contribution in [3.8, 4) is 22.9 Å². The molecule has 0 radical (unpaired) electrons. The monoisotopic (exact) mass is 448 g/mol. The van der Waals surface area contributed by atoms with E-state index < -0.39 is 11.8 Å². The Labute approximate surface area is 184 Å². The van der Waals surface area contributed by atoms with Crippen molar-refractivity contribution in [3.05, 3.63) is 83.1 Å². The van der Waals surface area contributed by atoms with E-state index in [-0.39, 0.29) is 36.0 Å². The molecule has 11 heteroatoms. The van der Waals surface area contributed by atoms with Crippen molar-refractivity contribution < 1.29 is 23.2 Å². The van der Waals surface area contributed by atoms with Crippen LogP contribution in [0.1, 0.15) is 12.0 Å². The van der Waals surface area contributed by atoms with Crippen molar-refractivity contribution in [2.24, 2.45) is 0 Å². The number of rotatable bonds is 7. The predicted octanol–water partition coefficient (Wildman–Crippen LogP) is 3.63. The summed E-state index contributed by atoms with van der Waals surface area (Å²) >= 11 is 0. The first kappa shape index (κ1) is 20.3. The molecule has 0 saturated heterocycles. The molecule has 0 saturated carbocycles. The van der Waals surface area contributed by atoms with Gasteiger partial charge in [-0.15, -0.1) is 0 Å². The molecule has 164 valence electrons. The molecule has 0 unspecified atom stereocenters. The molecule has 33 heavy (non-hydrogen) atoms. The summed E-state index contributed by atoms with van der Waals surface area (Å²) in [4.78, 5) is 19.1. The second-order valence-electron chi connectivity index (χ2n) is 7.13. The van der Waals surface area contributed by atoms with Crippen LogP contribution >= 0.6 is 0 Å². The van der Waals surface area contributed by atoms with Gasteiger partial charge in [0.25, 0.3) is 0 Å². The highest BCUT2D eigenvalue weighted by atomic mass is 19.1. The quantitative estimate of drug-likeness (QED) is 0.412. The molecule has 0 spiro atoms. The summed E-state index contributed by atoms with van der Waals surface area (Å²) in [5.74, 6) is -2.21. The zero-order valence-corrected chi connectivity index (χ0v) is 16.8. The maximum Gasteiger partial charge on any atom is 0.339 e. The fraction of sp³-hybridized carbons (Fsp3) is 0.0909. The number of nitrogens with one attached hydrogen (secondary N) is 1. The maximum absolute atomic E-state index is 14.3. The molecule has 0 amide bonds. The Morgan fingerprint density at radius 3 is 2.76 bits per heavy atom. The van der Waals surface area contributed by atoms with E-state index in [0.717, 1.165) is 6.20 Å². The fourth-order valence-electron chi connectivity index (χ4n) is 3.25. The Bertz CT molecular complexity index is 1440. The molecule has 1 aromatic carbocycles. The minimum absolute atomic E-state index is 0.0938. The van der Waals surface area contributed by atoms with Crippen LogP contribution in [-0.2, 0) is 11.3 Å². The average molecular weight is 448 g/mol.